The Morgan fingerprint density at radius 3 is 2.52 bits per heavy atom. The number of hydrogen-bond acceptors (Lipinski definition) is 6. The predicted molar refractivity (Wildman–Crippen MR) is 151 cm³/mol. The molecule has 1 fully saturated rings. The number of rotatable bonds is 5. The summed E-state index contributed by atoms with van der Waals surface area (Å²) in [5, 5.41) is 0.818. The molecule has 3 aromatic carbocycles. The van der Waals surface area contributed by atoms with E-state index in [-0.39, 0.29) is 35.8 Å². The van der Waals surface area contributed by atoms with Gasteiger partial charge in [0.1, 0.15) is 6.23 Å². The lowest BCUT2D eigenvalue weighted by Gasteiger charge is -2.38. The summed E-state index contributed by atoms with van der Waals surface area (Å²) in [7, 11) is -3.87. The Labute approximate surface area is 233 Å². The van der Waals surface area contributed by atoms with Gasteiger partial charge in [-0.15, -0.1) is 0 Å². The molecule has 0 amide bonds. The van der Waals surface area contributed by atoms with E-state index in [0.29, 0.717) is 17.5 Å². The van der Waals surface area contributed by atoms with E-state index in [1.54, 1.807) is 37.4 Å². The van der Waals surface area contributed by atoms with Gasteiger partial charge in [-0.05, 0) is 43.2 Å². The first-order valence-electron chi connectivity index (χ1n) is 13.7. The summed E-state index contributed by atoms with van der Waals surface area (Å²) in [6, 6.07) is 22.4. The summed E-state index contributed by atoms with van der Waals surface area (Å²) in [5.41, 5.74) is 5.44. The number of carbonyl (C=O) groups is 1. The van der Waals surface area contributed by atoms with Gasteiger partial charge in [-0.2, -0.15) is 0 Å². The number of carbonyl (C=O) groups excluding carboxylic acids is 1. The fourth-order valence-corrected chi connectivity index (χ4v) is 7.94. The van der Waals surface area contributed by atoms with Gasteiger partial charge in [0.2, 0.25) is 0 Å². The molecule has 0 saturated carbocycles. The van der Waals surface area contributed by atoms with Crippen LogP contribution in [0.4, 0.5) is 0 Å². The summed E-state index contributed by atoms with van der Waals surface area (Å²) >= 11 is 0. The highest BCUT2D eigenvalue weighted by atomic mass is 32.2. The molecule has 4 aromatic rings. The zero-order chi connectivity index (χ0) is 27.6. The topological polar surface area (TPSA) is 77.8 Å². The molecule has 1 saturated heterocycles. The molecule has 0 unspecified atom stereocenters. The lowest BCUT2D eigenvalue weighted by atomic mass is 9.92. The second-order valence-electron chi connectivity index (χ2n) is 10.7. The van der Waals surface area contributed by atoms with Gasteiger partial charge in [0.15, 0.2) is 0 Å². The van der Waals surface area contributed by atoms with Crippen molar-refractivity contribution in [2.75, 3.05) is 6.61 Å². The molecule has 0 bridgehead atoms. The fraction of sp³-hybridized carbons (Fsp3) is 0.281. The zero-order valence-corrected chi connectivity index (χ0v) is 23.2. The number of hydrogen-bond donors (Lipinski definition) is 0. The van der Waals surface area contributed by atoms with Crippen LogP contribution >= 0.6 is 0 Å². The van der Waals surface area contributed by atoms with Crippen molar-refractivity contribution >= 4 is 26.9 Å². The number of esters is 1. The van der Waals surface area contributed by atoms with Crippen LogP contribution in [-0.2, 0) is 30.7 Å². The minimum atomic E-state index is -3.87. The standard InChI is InChI=1S/C32H30N2O5S/c1-3-38-32(35)22-16-28(34-30(18-22)39-29-17-21-8-4-5-9-24(21)31(29)34)26-19-33(27-11-7-6-10-25(26)27)40(36,37)23-14-12-20(2)13-15-23/h4-16,19,28-31H,3,17-18H2,1-2H3/t28-,29+,30+,31-/m0/s1. The number of aromatic nitrogens is 1. The highest BCUT2D eigenvalue weighted by Crippen LogP contribution is 2.52. The molecule has 3 heterocycles. The molecule has 1 aromatic heterocycles. The highest BCUT2D eigenvalue weighted by Gasteiger charge is 2.52. The van der Waals surface area contributed by atoms with Crippen LogP contribution in [0.25, 0.3) is 10.9 Å². The van der Waals surface area contributed by atoms with E-state index >= 15 is 0 Å². The molecule has 7 nitrogen and oxygen atoms in total. The lowest BCUT2D eigenvalue weighted by Crippen LogP contribution is -2.39. The normalized spacial score (nSPS) is 23.9. The molecule has 40 heavy (non-hydrogen) atoms. The molecule has 1 aliphatic carbocycles. The number of benzene rings is 3. The monoisotopic (exact) mass is 554 g/mol. The van der Waals surface area contributed by atoms with E-state index in [4.69, 9.17) is 9.47 Å². The van der Waals surface area contributed by atoms with Crippen molar-refractivity contribution in [1.29, 1.82) is 0 Å². The van der Waals surface area contributed by atoms with Gasteiger partial charge in [-0.3, -0.25) is 4.90 Å². The smallest absolute Gasteiger partial charge is 0.333 e. The van der Waals surface area contributed by atoms with Crippen molar-refractivity contribution in [3.8, 4) is 0 Å². The van der Waals surface area contributed by atoms with Crippen LogP contribution in [0.3, 0.4) is 0 Å². The molecule has 4 atom stereocenters. The molecule has 0 radical (unpaired) electrons. The zero-order valence-electron chi connectivity index (χ0n) is 22.4. The number of aryl methyl sites for hydroxylation is 1. The highest BCUT2D eigenvalue weighted by molar-refractivity contribution is 7.90. The molecule has 7 rings (SSSR count). The van der Waals surface area contributed by atoms with Gasteiger partial charge < -0.3 is 9.47 Å². The minimum absolute atomic E-state index is 0.00186. The van der Waals surface area contributed by atoms with Crippen molar-refractivity contribution in [3.05, 3.63) is 113 Å². The van der Waals surface area contributed by atoms with Gasteiger partial charge in [0, 0.05) is 35.6 Å². The summed E-state index contributed by atoms with van der Waals surface area (Å²) in [5.74, 6) is -0.357. The second kappa shape index (κ2) is 9.44. The predicted octanol–water partition coefficient (Wildman–Crippen LogP) is 5.45. The van der Waals surface area contributed by atoms with E-state index in [9.17, 15) is 13.2 Å². The third kappa shape index (κ3) is 3.85. The summed E-state index contributed by atoms with van der Waals surface area (Å²) in [4.78, 5) is 15.5. The van der Waals surface area contributed by atoms with Crippen molar-refractivity contribution < 1.29 is 22.7 Å². The van der Waals surface area contributed by atoms with E-state index in [0.717, 1.165) is 22.9 Å². The fourth-order valence-electron chi connectivity index (χ4n) is 6.56. The lowest BCUT2D eigenvalue weighted by molar-refractivity contribution is -0.139. The van der Waals surface area contributed by atoms with Crippen LogP contribution in [0, 0.1) is 6.92 Å². The number of para-hydroxylation sites is 1. The van der Waals surface area contributed by atoms with Crippen LogP contribution in [-0.4, -0.2) is 42.2 Å². The van der Waals surface area contributed by atoms with E-state index in [2.05, 4.69) is 17.0 Å². The molecular weight excluding hydrogens is 524 g/mol. The first-order chi connectivity index (χ1) is 19.4. The van der Waals surface area contributed by atoms with Crippen LogP contribution < -0.4 is 0 Å². The summed E-state index contributed by atoms with van der Waals surface area (Å²) in [6.07, 6.45) is 4.54. The van der Waals surface area contributed by atoms with E-state index in [1.165, 1.54) is 15.1 Å². The maximum Gasteiger partial charge on any atom is 0.333 e. The Morgan fingerprint density at radius 2 is 1.73 bits per heavy atom. The Hall–Kier alpha value is -3.72. The van der Waals surface area contributed by atoms with Gasteiger partial charge in [0.25, 0.3) is 10.0 Å². The van der Waals surface area contributed by atoms with E-state index in [1.807, 2.05) is 49.4 Å². The molecule has 2 aliphatic heterocycles. The largest absolute Gasteiger partial charge is 0.463 e. The van der Waals surface area contributed by atoms with Crippen molar-refractivity contribution in [2.45, 2.75) is 56.0 Å². The third-order valence-electron chi connectivity index (χ3n) is 8.35. The van der Waals surface area contributed by atoms with Crippen LogP contribution in [0.2, 0.25) is 0 Å². The van der Waals surface area contributed by atoms with E-state index < -0.39 is 16.1 Å². The maximum absolute atomic E-state index is 13.9. The van der Waals surface area contributed by atoms with Crippen molar-refractivity contribution in [1.82, 2.24) is 8.87 Å². The quantitative estimate of drug-likeness (QED) is 0.306. The summed E-state index contributed by atoms with van der Waals surface area (Å²) in [6.45, 7) is 4.00. The molecule has 204 valence electrons. The third-order valence-corrected chi connectivity index (χ3v) is 10.0. The molecule has 8 heteroatoms. The van der Waals surface area contributed by atoms with Gasteiger partial charge in [-0.1, -0.05) is 66.2 Å². The minimum Gasteiger partial charge on any atom is -0.463 e. The number of fused-ring (bicyclic) bond motifs is 6. The Kier molecular flexibility index (Phi) is 5.96. The van der Waals surface area contributed by atoms with Crippen LogP contribution in [0.5, 0.6) is 0 Å². The Morgan fingerprint density at radius 1 is 0.975 bits per heavy atom. The molecular formula is C32H30N2O5S. The molecule has 0 spiro atoms. The van der Waals surface area contributed by atoms with Crippen molar-refractivity contribution in [3.63, 3.8) is 0 Å². The first kappa shape index (κ1) is 25.3. The SMILES string of the molecule is CCOC(=O)C1=C[C@@H](c2cn(S(=O)(=O)c3ccc(C)cc3)c3ccccc23)N2[C@@H](C1)O[C@@H]1Cc3ccccc3[C@@H]12. The second-order valence-corrected chi connectivity index (χ2v) is 12.5. The summed E-state index contributed by atoms with van der Waals surface area (Å²) < 4.78 is 41.2. The molecule has 0 N–H and O–H groups in total. The van der Waals surface area contributed by atoms with Crippen LogP contribution in [0.15, 0.2) is 95.5 Å². The number of nitrogens with zero attached hydrogens (tertiary/aromatic N) is 2. The molecule has 3 aliphatic rings. The van der Waals surface area contributed by atoms with Gasteiger partial charge in [-0.25, -0.2) is 17.2 Å². The maximum atomic E-state index is 13.9. The Bertz CT molecular complexity index is 1770. The average Bonchev–Trinajstić information content (AvgIpc) is 3.63. The first-order valence-corrected chi connectivity index (χ1v) is 15.1. The van der Waals surface area contributed by atoms with Gasteiger partial charge >= 0.3 is 5.97 Å². The number of ether oxygens (including phenoxy) is 2. The van der Waals surface area contributed by atoms with Crippen LogP contribution in [0.1, 0.15) is 47.7 Å². The average molecular weight is 555 g/mol. The van der Waals surface area contributed by atoms with Crippen molar-refractivity contribution in [2.24, 2.45) is 0 Å². The Balaban J connectivity index is 1.41. The van der Waals surface area contributed by atoms with Gasteiger partial charge in [0.05, 0.1) is 35.2 Å².